The zero-order valence-electron chi connectivity index (χ0n) is 9.83. The van der Waals surface area contributed by atoms with Crippen LogP contribution in [-0.4, -0.2) is 59.4 Å². The first-order valence-electron chi connectivity index (χ1n) is 5.67. The fourth-order valence-electron chi connectivity index (χ4n) is 1.98. The van der Waals surface area contributed by atoms with E-state index in [1.807, 2.05) is 4.90 Å². The van der Waals surface area contributed by atoms with Gasteiger partial charge in [-0.15, -0.1) is 5.10 Å². The minimum Gasteiger partial charge on any atom is -0.478 e. The maximum absolute atomic E-state index is 11.1. The van der Waals surface area contributed by atoms with Crippen LogP contribution >= 0.6 is 0 Å². The van der Waals surface area contributed by atoms with Crippen LogP contribution in [0.5, 0.6) is 0 Å². The Labute approximate surface area is 99.9 Å². The summed E-state index contributed by atoms with van der Waals surface area (Å²) < 4.78 is 0. The van der Waals surface area contributed by atoms with Gasteiger partial charge in [0.2, 0.25) is 0 Å². The second-order valence-corrected chi connectivity index (χ2v) is 4.22. The molecule has 0 aromatic carbocycles. The lowest BCUT2D eigenvalue weighted by Crippen LogP contribution is -2.31. The molecule has 0 spiro atoms. The zero-order valence-corrected chi connectivity index (χ0v) is 9.83. The third-order valence-electron chi connectivity index (χ3n) is 2.95. The molecule has 1 N–H and O–H groups in total. The summed E-state index contributed by atoms with van der Waals surface area (Å²) in [6.07, 6.45) is 2.42. The number of carboxylic acid groups (broad SMARTS) is 1. The van der Waals surface area contributed by atoms with E-state index in [0.717, 1.165) is 32.6 Å². The Morgan fingerprint density at radius 1 is 1.35 bits per heavy atom. The normalized spacial score (nSPS) is 17.8. The highest BCUT2D eigenvalue weighted by atomic mass is 16.4. The van der Waals surface area contributed by atoms with E-state index in [-0.39, 0.29) is 5.56 Å². The number of likely N-dealkylation sites (N-methyl/N-ethyl adjacent to an activating group) is 1. The van der Waals surface area contributed by atoms with Crippen LogP contribution in [0.4, 0.5) is 5.82 Å². The summed E-state index contributed by atoms with van der Waals surface area (Å²) in [4.78, 5) is 15.3. The third-order valence-corrected chi connectivity index (χ3v) is 2.95. The Bertz CT molecular complexity index is 410. The summed E-state index contributed by atoms with van der Waals surface area (Å²) in [7, 11) is 2.07. The Hall–Kier alpha value is -1.69. The van der Waals surface area contributed by atoms with Crippen molar-refractivity contribution in [3.63, 3.8) is 0 Å². The first-order valence-corrected chi connectivity index (χ1v) is 5.67. The van der Waals surface area contributed by atoms with Crippen molar-refractivity contribution >= 4 is 11.8 Å². The van der Waals surface area contributed by atoms with Crippen LogP contribution in [0.1, 0.15) is 16.8 Å². The van der Waals surface area contributed by atoms with Gasteiger partial charge in [0.1, 0.15) is 5.56 Å². The summed E-state index contributed by atoms with van der Waals surface area (Å²) in [6.45, 7) is 3.55. The standard InChI is InChI=1S/C11H16N4O2/c1-14-5-2-6-15(8-7-14)10-9(11(16)17)3-4-12-13-10/h3-4H,2,5-8H2,1H3,(H,16,17). The van der Waals surface area contributed by atoms with Crippen molar-refractivity contribution in [2.24, 2.45) is 0 Å². The smallest absolute Gasteiger partial charge is 0.339 e. The Morgan fingerprint density at radius 2 is 2.18 bits per heavy atom. The molecule has 1 aromatic rings. The highest BCUT2D eigenvalue weighted by Crippen LogP contribution is 2.17. The maximum atomic E-state index is 11.1. The second kappa shape index (κ2) is 5.09. The van der Waals surface area contributed by atoms with Crippen molar-refractivity contribution in [2.45, 2.75) is 6.42 Å². The Kier molecular flexibility index (Phi) is 3.53. The van der Waals surface area contributed by atoms with Crippen LogP contribution in [0.2, 0.25) is 0 Å². The van der Waals surface area contributed by atoms with Gasteiger partial charge in [0, 0.05) is 19.6 Å². The highest BCUT2D eigenvalue weighted by molar-refractivity contribution is 5.93. The average Bonchev–Trinajstić information content (AvgIpc) is 2.54. The molecule has 17 heavy (non-hydrogen) atoms. The van der Waals surface area contributed by atoms with Crippen molar-refractivity contribution in [1.82, 2.24) is 15.1 Å². The number of carboxylic acids is 1. The second-order valence-electron chi connectivity index (χ2n) is 4.22. The predicted molar refractivity (Wildman–Crippen MR) is 63.3 cm³/mol. The molecule has 1 aliphatic heterocycles. The van der Waals surface area contributed by atoms with E-state index in [2.05, 4.69) is 22.1 Å². The molecule has 2 heterocycles. The largest absolute Gasteiger partial charge is 0.478 e. The van der Waals surface area contributed by atoms with Crippen LogP contribution in [-0.2, 0) is 0 Å². The van der Waals surface area contributed by atoms with E-state index in [9.17, 15) is 4.79 Å². The van der Waals surface area contributed by atoms with Gasteiger partial charge < -0.3 is 14.9 Å². The van der Waals surface area contributed by atoms with E-state index in [1.54, 1.807) is 0 Å². The number of hydrogen-bond donors (Lipinski definition) is 1. The van der Waals surface area contributed by atoms with Crippen LogP contribution in [0.15, 0.2) is 12.3 Å². The number of rotatable bonds is 2. The molecule has 0 radical (unpaired) electrons. The van der Waals surface area contributed by atoms with E-state index < -0.39 is 5.97 Å². The molecule has 0 atom stereocenters. The predicted octanol–water partition coefficient (Wildman–Crippen LogP) is 0.317. The fraction of sp³-hybridized carbons (Fsp3) is 0.545. The zero-order chi connectivity index (χ0) is 12.3. The van der Waals surface area contributed by atoms with Gasteiger partial charge in [0.15, 0.2) is 5.82 Å². The topological polar surface area (TPSA) is 69.6 Å². The van der Waals surface area contributed by atoms with Gasteiger partial charge in [0.05, 0.1) is 6.20 Å². The molecule has 0 aliphatic carbocycles. The highest BCUT2D eigenvalue weighted by Gasteiger charge is 2.19. The SMILES string of the molecule is CN1CCCN(c2nnccc2C(=O)O)CC1. The van der Waals surface area contributed by atoms with E-state index >= 15 is 0 Å². The molecule has 1 fully saturated rings. The van der Waals surface area contributed by atoms with Crippen LogP contribution in [0.25, 0.3) is 0 Å². The van der Waals surface area contributed by atoms with Gasteiger partial charge in [-0.1, -0.05) is 0 Å². The Morgan fingerprint density at radius 3 is 2.94 bits per heavy atom. The molecule has 6 heteroatoms. The number of anilines is 1. The molecule has 0 saturated carbocycles. The summed E-state index contributed by atoms with van der Waals surface area (Å²) in [5.74, 6) is -0.470. The molecular weight excluding hydrogens is 220 g/mol. The van der Waals surface area contributed by atoms with Crippen molar-refractivity contribution in [1.29, 1.82) is 0 Å². The lowest BCUT2D eigenvalue weighted by atomic mass is 10.2. The monoisotopic (exact) mass is 236 g/mol. The van der Waals surface area contributed by atoms with Gasteiger partial charge in [-0.25, -0.2) is 4.79 Å². The van der Waals surface area contributed by atoms with Crippen molar-refractivity contribution in [3.8, 4) is 0 Å². The number of carbonyl (C=O) groups is 1. The van der Waals surface area contributed by atoms with Gasteiger partial charge >= 0.3 is 5.97 Å². The first kappa shape index (κ1) is 11.8. The maximum Gasteiger partial charge on any atom is 0.339 e. The number of nitrogens with zero attached hydrogens (tertiary/aromatic N) is 4. The molecule has 1 saturated heterocycles. The van der Waals surface area contributed by atoms with Crippen LogP contribution < -0.4 is 4.90 Å². The molecule has 92 valence electrons. The van der Waals surface area contributed by atoms with Gasteiger partial charge in [-0.3, -0.25) is 0 Å². The summed E-state index contributed by atoms with van der Waals surface area (Å²) in [5, 5.41) is 16.9. The summed E-state index contributed by atoms with van der Waals surface area (Å²) in [6, 6.07) is 1.50. The average molecular weight is 236 g/mol. The molecule has 0 bridgehead atoms. The molecule has 1 aliphatic rings. The minimum atomic E-state index is -0.951. The van der Waals surface area contributed by atoms with Crippen molar-refractivity contribution in [3.05, 3.63) is 17.8 Å². The van der Waals surface area contributed by atoms with Crippen LogP contribution in [0, 0.1) is 0 Å². The molecule has 0 unspecified atom stereocenters. The summed E-state index contributed by atoms with van der Waals surface area (Å²) in [5.41, 5.74) is 0.226. The van der Waals surface area contributed by atoms with E-state index in [1.165, 1.54) is 12.3 Å². The lowest BCUT2D eigenvalue weighted by Gasteiger charge is -2.22. The minimum absolute atomic E-state index is 0.226. The number of aromatic carboxylic acids is 1. The van der Waals surface area contributed by atoms with Crippen molar-refractivity contribution < 1.29 is 9.90 Å². The Balaban J connectivity index is 2.24. The molecule has 2 rings (SSSR count). The molecule has 0 amide bonds. The van der Waals surface area contributed by atoms with Gasteiger partial charge in [0.25, 0.3) is 0 Å². The summed E-state index contributed by atoms with van der Waals surface area (Å²) >= 11 is 0. The van der Waals surface area contributed by atoms with E-state index in [0.29, 0.717) is 5.82 Å². The van der Waals surface area contributed by atoms with Crippen molar-refractivity contribution in [2.75, 3.05) is 38.1 Å². The molecular formula is C11H16N4O2. The third kappa shape index (κ3) is 2.71. The van der Waals surface area contributed by atoms with E-state index in [4.69, 9.17) is 5.11 Å². The fourth-order valence-corrected chi connectivity index (χ4v) is 1.98. The lowest BCUT2D eigenvalue weighted by molar-refractivity contribution is 0.0697. The van der Waals surface area contributed by atoms with Gasteiger partial charge in [-0.05, 0) is 26.1 Å². The molecule has 1 aromatic heterocycles. The first-order chi connectivity index (χ1) is 8.18. The molecule has 6 nitrogen and oxygen atoms in total. The quantitative estimate of drug-likeness (QED) is 0.797. The number of hydrogen-bond acceptors (Lipinski definition) is 5. The van der Waals surface area contributed by atoms with Crippen LogP contribution in [0.3, 0.4) is 0 Å². The van der Waals surface area contributed by atoms with Gasteiger partial charge in [-0.2, -0.15) is 5.10 Å². The number of aromatic nitrogens is 2.